The third kappa shape index (κ3) is 5.15. The molecule has 0 aromatic rings. The number of nitrogens with two attached hydrogens (primary N) is 2. The summed E-state index contributed by atoms with van der Waals surface area (Å²) in [5.74, 6) is 4.65. The summed E-state index contributed by atoms with van der Waals surface area (Å²) in [6, 6.07) is -0.696. The first-order valence-electron chi connectivity index (χ1n) is 1.53. The zero-order valence-electron chi connectivity index (χ0n) is 3.56. The van der Waals surface area contributed by atoms with Gasteiger partial charge in [-0.15, -0.1) is 0 Å². The molecule has 0 saturated heterocycles. The van der Waals surface area contributed by atoms with Gasteiger partial charge in [0.25, 0.3) is 0 Å². The second-order valence-electron chi connectivity index (χ2n) is 0.759. The predicted octanol–water partition coefficient (Wildman–Crippen LogP) is -2.46. The molecule has 0 fully saturated rings. The van der Waals surface area contributed by atoms with E-state index in [0.29, 0.717) is 0 Å². The van der Waals surface area contributed by atoms with Crippen LogP contribution in [0, 0.1) is 0 Å². The van der Waals surface area contributed by atoms with Gasteiger partial charge in [-0.05, 0) is 0 Å². The van der Waals surface area contributed by atoms with Crippen molar-refractivity contribution >= 4 is 6.03 Å². The van der Waals surface area contributed by atoms with Crippen LogP contribution in [-0.4, -0.2) is 6.03 Å². The standard InChI is InChI=1S/CH7N5O/c2-1(7)4-6-5-3/h5-6H,3H2,(H3,2,4,7). The topological polar surface area (TPSA) is 105 Å². The van der Waals surface area contributed by atoms with Crippen LogP contribution in [0.15, 0.2) is 0 Å². The molecule has 7 heavy (non-hydrogen) atoms. The summed E-state index contributed by atoms with van der Waals surface area (Å²) in [5.41, 5.74) is 10.5. The fourth-order valence-electron chi connectivity index (χ4n) is 0.0977. The molecule has 0 aliphatic carbocycles. The van der Waals surface area contributed by atoms with E-state index >= 15 is 0 Å². The number of carbonyl (C=O) groups excluding carboxylic acids is 1. The number of primary amides is 1. The summed E-state index contributed by atoms with van der Waals surface area (Å²) in [4.78, 5) is 9.71. The highest BCUT2D eigenvalue weighted by molar-refractivity contribution is 5.70. The Labute approximate surface area is 40.1 Å². The lowest BCUT2D eigenvalue weighted by atomic mass is 11.2. The highest BCUT2D eigenvalue weighted by atomic mass is 16.2. The molecule has 6 nitrogen and oxygen atoms in total. The van der Waals surface area contributed by atoms with Crippen LogP contribution in [0.25, 0.3) is 0 Å². The van der Waals surface area contributed by atoms with Crippen LogP contribution in [0.2, 0.25) is 0 Å². The summed E-state index contributed by atoms with van der Waals surface area (Å²) in [7, 11) is 0. The molecule has 0 radical (unpaired) electrons. The van der Waals surface area contributed by atoms with Gasteiger partial charge in [-0.25, -0.2) is 4.79 Å². The van der Waals surface area contributed by atoms with E-state index in [1.54, 1.807) is 0 Å². The number of nitrogens with one attached hydrogen (secondary N) is 3. The number of hydrogen-bond donors (Lipinski definition) is 5. The maximum absolute atomic E-state index is 9.71. The van der Waals surface area contributed by atoms with Crippen molar-refractivity contribution in [3.05, 3.63) is 0 Å². The molecule has 0 aromatic carbocycles. The van der Waals surface area contributed by atoms with Crippen LogP contribution in [-0.2, 0) is 0 Å². The average molecular weight is 105 g/mol. The van der Waals surface area contributed by atoms with E-state index in [4.69, 9.17) is 0 Å². The highest BCUT2D eigenvalue weighted by Gasteiger charge is 1.81. The maximum atomic E-state index is 9.71. The average Bonchev–Trinajstić information content (AvgIpc) is 1.61. The number of amides is 2. The van der Waals surface area contributed by atoms with Crippen LogP contribution in [0.4, 0.5) is 4.79 Å². The van der Waals surface area contributed by atoms with E-state index in [1.807, 2.05) is 11.0 Å². The van der Waals surface area contributed by atoms with Crippen LogP contribution in [0.1, 0.15) is 0 Å². The first kappa shape index (κ1) is 6.15. The fraction of sp³-hybridized carbons (Fsp3) is 0. The van der Waals surface area contributed by atoms with Gasteiger partial charge >= 0.3 is 6.03 Å². The van der Waals surface area contributed by atoms with Gasteiger partial charge in [0.2, 0.25) is 0 Å². The van der Waals surface area contributed by atoms with E-state index < -0.39 is 6.03 Å². The van der Waals surface area contributed by atoms with Gasteiger partial charge in [0.05, 0.1) is 0 Å². The van der Waals surface area contributed by atoms with Crippen molar-refractivity contribution in [3.63, 3.8) is 0 Å². The van der Waals surface area contributed by atoms with Gasteiger partial charge in [-0.2, -0.15) is 11.1 Å². The zero-order valence-corrected chi connectivity index (χ0v) is 3.56. The molecule has 0 aliphatic heterocycles. The number of hydrazine groups is 3. The van der Waals surface area contributed by atoms with Crippen molar-refractivity contribution in [1.29, 1.82) is 0 Å². The molecule has 0 heterocycles. The highest BCUT2D eigenvalue weighted by Crippen LogP contribution is 1.39. The minimum absolute atomic E-state index is 0.696. The minimum atomic E-state index is -0.696. The Morgan fingerprint density at radius 1 is 1.57 bits per heavy atom. The lowest BCUT2D eigenvalue weighted by Gasteiger charge is -1.97. The maximum Gasteiger partial charge on any atom is 0.327 e. The molecular formula is CH7N5O. The molecule has 0 spiro atoms. The van der Waals surface area contributed by atoms with Crippen molar-refractivity contribution < 1.29 is 4.79 Å². The Hall–Kier alpha value is -0.850. The Kier molecular flexibility index (Phi) is 2.94. The van der Waals surface area contributed by atoms with E-state index in [2.05, 4.69) is 17.1 Å². The Balaban J connectivity index is 2.82. The van der Waals surface area contributed by atoms with Gasteiger partial charge in [0.15, 0.2) is 0 Å². The number of hydrogen-bond acceptors (Lipinski definition) is 4. The summed E-state index contributed by atoms with van der Waals surface area (Å²) < 4.78 is 0. The molecular weight excluding hydrogens is 98.0 g/mol. The largest absolute Gasteiger partial charge is 0.351 e. The molecule has 2 amide bonds. The molecule has 42 valence electrons. The van der Waals surface area contributed by atoms with Crippen molar-refractivity contribution in [1.82, 2.24) is 16.5 Å². The number of rotatable bonds is 2. The van der Waals surface area contributed by atoms with Crippen molar-refractivity contribution in [2.24, 2.45) is 11.6 Å². The van der Waals surface area contributed by atoms with Crippen LogP contribution in [0.5, 0.6) is 0 Å². The van der Waals surface area contributed by atoms with E-state index in [0.717, 1.165) is 0 Å². The predicted molar refractivity (Wildman–Crippen MR) is 23.2 cm³/mol. The number of urea groups is 1. The van der Waals surface area contributed by atoms with Gasteiger partial charge in [0.1, 0.15) is 0 Å². The lowest BCUT2D eigenvalue weighted by molar-refractivity contribution is 0.242. The Bertz CT molecular complexity index is 61.1. The summed E-state index contributed by atoms with van der Waals surface area (Å²) in [6.45, 7) is 0. The van der Waals surface area contributed by atoms with Gasteiger partial charge in [-0.3, -0.25) is 11.3 Å². The summed E-state index contributed by atoms with van der Waals surface area (Å²) in [5, 5.41) is 0. The molecule has 0 saturated carbocycles. The van der Waals surface area contributed by atoms with Gasteiger partial charge in [0, 0.05) is 0 Å². The van der Waals surface area contributed by atoms with E-state index in [-0.39, 0.29) is 0 Å². The molecule has 0 rings (SSSR count). The normalized spacial score (nSPS) is 8.14. The Morgan fingerprint density at radius 3 is 2.29 bits per heavy atom. The third-order valence-electron chi connectivity index (χ3n) is 0.258. The smallest absolute Gasteiger partial charge is 0.327 e. The summed E-state index contributed by atoms with van der Waals surface area (Å²) >= 11 is 0. The zero-order chi connectivity index (χ0) is 5.70. The van der Waals surface area contributed by atoms with Crippen molar-refractivity contribution in [2.45, 2.75) is 0 Å². The second kappa shape index (κ2) is 3.34. The molecule has 0 bridgehead atoms. The quantitative estimate of drug-likeness (QED) is 0.198. The SMILES string of the molecule is NNNNC(N)=O. The van der Waals surface area contributed by atoms with Gasteiger partial charge in [-0.1, -0.05) is 0 Å². The molecule has 0 unspecified atom stereocenters. The number of carbonyl (C=O) groups is 1. The van der Waals surface area contributed by atoms with Crippen LogP contribution >= 0.6 is 0 Å². The first-order valence-corrected chi connectivity index (χ1v) is 1.53. The summed E-state index contributed by atoms with van der Waals surface area (Å²) in [6.07, 6.45) is 0. The molecule has 7 N–H and O–H groups in total. The van der Waals surface area contributed by atoms with E-state index in [9.17, 15) is 4.79 Å². The molecule has 6 heteroatoms. The lowest BCUT2D eigenvalue weighted by Crippen LogP contribution is -2.51. The molecule has 0 atom stereocenters. The molecule has 0 aromatic heterocycles. The molecule has 0 aliphatic rings. The van der Waals surface area contributed by atoms with Crippen molar-refractivity contribution in [3.8, 4) is 0 Å². The Morgan fingerprint density at radius 2 is 2.14 bits per heavy atom. The van der Waals surface area contributed by atoms with Crippen molar-refractivity contribution in [2.75, 3.05) is 0 Å². The monoisotopic (exact) mass is 105 g/mol. The third-order valence-corrected chi connectivity index (χ3v) is 0.258. The fourth-order valence-corrected chi connectivity index (χ4v) is 0.0977. The van der Waals surface area contributed by atoms with Crippen LogP contribution < -0.4 is 28.1 Å². The second-order valence-corrected chi connectivity index (χ2v) is 0.759. The van der Waals surface area contributed by atoms with E-state index in [1.165, 1.54) is 0 Å². The van der Waals surface area contributed by atoms with Gasteiger partial charge < -0.3 is 5.73 Å². The van der Waals surface area contributed by atoms with Crippen LogP contribution in [0.3, 0.4) is 0 Å². The minimum Gasteiger partial charge on any atom is -0.351 e. The first-order chi connectivity index (χ1) is 3.27.